The number of rotatable bonds is 5. The maximum Gasteiger partial charge on any atom is 0.0128 e. The number of nitrogens with one attached hydrogen (secondary N) is 1. The molecule has 3 fully saturated rings. The molecule has 1 aromatic carbocycles. The highest BCUT2D eigenvalue weighted by atomic mass is 15.2. The third-order valence-electron chi connectivity index (χ3n) is 9.25. The van der Waals surface area contributed by atoms with Gasteiger partial charge in [0.15, 0.2) is 0 Å². The van der Waals surface area contributed by atoms with Gasteiger partial charge in [0.25, 0.3) is 0 Å². The van der Waals surface area contributed by atoms with E-state index in [9.17, 15) is 0 Å². The van der Waals surface area contributed by atoms with Crippen molar-refractivity contribution in [3.63, 3.8) is 0 Å². The molecule has 3 aliphatic rings. The molecule has 2 heteroatoms. The fourth-order valence-electron chi connectivity index (χ4n) is 7.17. The lowest BCUT2D eigenvalue weighted by Gasteiger charge is -2.43. The van der Waals surface area contributed by atoms with Gasteiger partial charge in [0.05, 0.1) is 0 Å². The van der Waals surface area contributed by atoms with Crippen LogP contribution in [0.25, 0.3) is 0 Å². The van der Waals surface area contributed by atoms with Crippen LogP contribution in [-0.4, -0.2) is 6.54 Å². The van der Waals surface area contributed by atoms with Gasteiger partial charge in [-0.15, -0.1) is 0 Å². The Bertz CT molecular complexity index is 608. The van der Waals surface area contributed by atoms with Gasteiger partial charge in [-0.3, -0.25) is 11.3 Å². The lowest BCUT2D eigenvalue weighted by Crippen LogP contribution is -2.38. The Balaban J connectivity index is 1.23. The summed E-state index contributed by atoms with van der Waals surface area (Å²) in [6.07, 6.45) is 16.1. The van der Waals surface area contributed by atoms with Crippen molar-refractivity contribution in [2.75, 3.05) is 6.54 Å². The Morgan fingerprint density at radius 2 is 1.28 bits per heavy atom. The van der Waals surface area contributed by atoms with Gasteiger partial charge in [0.1, 0.15) is 0 Å². The molecule has 2 nitrogen and oxygen atoms in total. The molecule has 0 saturated heterocycles. The van der Waals surface area contributed by atoms with Crippen LogP contribution in [0.2, 0.25) is 0 Å². The first-order valence-electron chi connectivity index (χ1n) is 12.6. The van der Waals surface area contributed by atoms with Crippen molar-refractivity contribution in [1.82, 2.24) is 5.43 Å². The lowest BCUT2D eigenvalue weighted by atomic mass is 9.63. The van der Waals surface area contributed by atoms with Crippen LogP contribution in [0.5, 0.6) is 0 Å². The Kier molecular flexibility index (Phi) is 7.34. The first-order chi connectivity index (χ1) is 14.1. The third kappa shape index (κ3) is 5.25. The van der Waals surface area contributed by atoms with E-state index in [1.807, 2.05) is 0 Å². The fourth-order valence-corrected chi connectivity index (χ4v) is 7.17. The normalized spacial score (nSPS) is 38.7. The van der Waals surface area contributed by atoms with Crippen molar-refractivity contribution in [3.8, 4) is 0 Å². The number of aryl methyl sites for hydroxylation is 1. The summed E-state index contributed by atoms with van der Waals surface area (Å²) in [5, 5.41) is 0. The fraction of sp³-hybridized carbons (Fsp3) is 0.778. The predicted octanol–water partition coefficient (Wildman–Crippen LogP) is 6.59. The molecule has 0 heterocycles. The highest BCUT2D eigenvalue weighted by molar-refractivity contribution is 5.24. The molecule has 3 N–H and O–H groups in total. The van der Waals surface area contributed by atoms with Gasteiger partial charge in [-0.25, -0.2) is 0 Å². The highest BCUT2D eigenvalue weighted by Gasteiger charge is 2.36. The summed E-state index contributed by atoms with van der Waals surface area (Å²) in [5.74, 6) is 12.1. The first kappa shape index (κ1) is 21.4. The first-order valence-corrected chi connectivity index (χ1v) is 12.6. The van der Waals surface area contributed by atoms with Gasteiger partial charge >= 0.3 is 0 Å². The second-order valence-electron chi connectivity index (χ2n) is 10.9. The number of nitrogens with two attached hydrogens (primary N) is 1. The molecule has 4 rings (SSSR count). The van der Waals surface area contributed by atoms with Gasteiger partial charge in [0.2, 0.25) is 0 Å². The van der Waals surface area contributed by atoms with E-state index in [0.717, 1.165) is 48.0 Å². The molecular formula is C27H44N2. The summed E-state index contributed by atoms with van der Waals surface area (Å²) in [7, 11) is 0. The van der Waals surface area contributed by atoms with E-state index in [2.05, 4.69) is 43.5 Å². The SMILES string of the molecule is Cc1ccc(C2CCC(C3CCC(C4CCC(C)C(CNN)C4)CC3)CC2)cc1. The zero-order valence-electron chi connectivity index (χ0n) is 18.9. The molecule has 3 saturated carbocycles. The van der Waals surface area contributed by atoms with E-state index in [0.29, 0.717) is 0 Å². The van der Waals surface area contributed by atoms with Gasteiger partial charge in [0, 0.05) is 6.54 Å². The van der Waals surface area contributed by atoms with Crippen molar-refractivity contribution >= 4 is 0 Å². The van der Waals surface area contributed by atoms with Crippen molar-refractivity contribution in [1.29, 1.82) is 0 Å². The van der Waals surface area contributed by atoms with Gasteiger partial charge in [-0.05, 0) is 118 Å². The molecule has 0 bridgehead atoms. The molecule has 0 spiro atoms. The van der Waals surface area contributed by atoms with Crippen molar-refractivity contribution in [2.24, 2.45) is 41.4 Å². The predicted molar refractivity (Wildman–Crippen MR) is 124 cm³/mol. The minimum Gasteiger partial charge on any atom is -0.271 e. The van der Waals surface area contributed by atoms with E-state index < -0.39 is 0 Å². The summed E-state index contributed by atoms with van der Waals surface area (Å²) in [6.45, 7) is 5.64. The molecule has 0 aromatic heterocycles. The lowest BCUT2D eigenvalue weighted by molar-refractivity contribution is 0.0883. The number of hydrazine groups is 1. The number of hydrogen-bond donors (Lipinski definition) is 2. The van der Waals surface area contributed by atoms with Crippen LogP contribution in [0.15, 0.2) is 24.3 Å². The van der Waals surface area contributed by atoms with Gasteiger partial charge in [-0.1, -0.05) is 43.2 Å². The van der Waals surface area contributed by atoms with E-state index in [-0.39, 0.29) is 0 Å². The van der Waals surface area contributed by atoms with Crippen LogP contribution in [0.1, 0.15) is 94.6 Å². The second kappa shape index (κ2) is 9.96. The smallest absolute Gasteiger partial charge is 0.0128 e. The summed E-state index contributed by atoms with van der Waals surface area (Å²) in [4.78, 5) is 0. The standard InChI is InChI=1S/C27H44N2/c1-19-3-6-21(7-4-19)22-9-11-23(12-10-22)24-13-15-25(16-14-24)26-8-5-20(2)27(17-26)18-29-28/h3-4,6-7,20,22-27,29H,5,8-18,28H2,1-2H3. The quantitative estimate of drug-likeness (QED) is 0.435. The molecule has 0 aliphatic heterocycles. The van der Waals surface area contributed by atoms with E-state index in [1.54, 1.807) is 5.56 Å². The molecule has 0 radical (unpaired) electrons. The van der Waals surface area contributed by atoms with Crippen molar-refractivity contribution in [2.45, 2.75) is 90.4 Å². The maximum absolute atomic E-state index is 5.65. The molecule has 0 amide bonds. The second-order valence-corrected chi connectivity index (χ2v) is 10.9. The van der Waals surface area contributed by atoms with Gasteiger partial charge in [-0.2, -0.15) is 0 Å². The summed E-state index contributed by atoms with van der Waals surface area (Å²) >= 11 is 0. The molecule has 29 heavy (non-hydrogen) atoms. The van der Waals surface area contributed by atoms with Crippen LogP contribution in [0.3, 0.4) is 0 Å². The average Bonchev–Trinajstić information content (AvgIpc) is 2.76. The third-order valence-corrected chi connectivity index (χ3v) is 9.25. The van der Waals surface area contributed by atoms with Crippen molar-refractivity contribution < 1.29 is 0 Å². The Morgan fingerprint density at radius 3 is 1.86 bits per heavy atom. The Labute approximate surface area is 179 Å². The topological polar surface area (TPSA) is 38.0 Å². The van der Waals surface area contributed by atoms with Crippen LogP contribution in [-0.2, 0) is 0 Å². The average molecular weight is 397 g/mol. The Morgan fingerprint density at radius 1 is 0.759 bits per heavy atom. The van der Waals surface area contributed by atoms with E-state index in [4.69, 9.17) is 5.84 Å². The van der Waals surface area contributed by atoms with Crippen LogP contribution < -0.4 is 11.3 Å². The van der Waals surface area contributed by atoms with Crippen molar-refractivity contribution in [3.05, 3.63) is 35.4 Å². The molecular weight excluding hydrogens is 352 g/mol. The molecule has 3 unspecified atom stereocenters. The molecule has 3 aliphatic carbocycles. The van der Waals surface area contributed by atoms with E-state index >= 15 is 0 Å². The minimum atomic E-state index is 0.800. The maximum atomic E-state index is 5.65. The monoisotopic (exact) mass is 396 g/mol. The van der Waals surface area contributed by atoms with E-state index in [1.165, 1.54) is 76.2 Å². The minimum absolute atomic E-state index is 0.800. The molecule has 3 atom stereocenters. The Hall–Kier alpha value is -0.860. The summed E-state index contributed by atoms with van der Waals surface area (Å²) in [6, 6.07) is 9.35. The van der Waals surface area contributed by atoms with Crippen LogP contribution in [0.4, 0.5) is 0 Å². The summed E-state index contributed by atoms with van der Waals surface area (Å²) < 4.78 is 0. The zero-order chi connectivity index (χ0) is 20.2. The largest absolute Gasteiger partial charge is 0.271 e. The molecule has 1 aromatic rings. The number of hydrogen-bond acceptors (Lipinski definition) is 2. The highest BCUT2D eigenvalue weighted by Crippen LogP contribution is 2.47. The van der Waals surface area contributed by atoms with Gasteiger partial charge < -0.3 is 0 Å². The molecule has 162 valence electrons. The van der Waals surface area contributed by atoms with Crippen LogP contribution >= 0.6 is 0 Å². The zero-order valence-corrected chi connectivity index (χ0v) is 18.9. The number of benzene rings is 1. The summed E-state index contributed by atoms with van der Waals surface area (Å²) in [5.41, 5.74) is 5.93. The van der Waals surface area contributed by atoms with Crippen LogP contribution in [0, 0.1) is 42.4 Å².